The van der Waals surface area contributed by atoms with Crippen LogP contribution in [0.1, 0.15) is 0 Å². The third-order valence-corrected chi connectivity index (χ3v) is 12.2. The average molecular weight is 779 g/mol. The van der Waals surface area contributed by atoms with Crippen LogP contribution >= 0.6 is 0 Å². The van der Waals surface area contributed by atoms with Gasteiger partial charge in [-0.05, 0) is 111 Å². The predicted molar refractivity (Wildman–Crippen MR) is 257 cm³/mol. The van der Waals surface area contributed by atoms with E-state index >= 15 is 0 Å². The van der Waals surface area contributed by atoms with Crippen LogP contribution in [0.4, 0.5) is 17.1 Å². The smallest absolute Gasteiger partial charge is 0.137 e. The number of nitrogens with zero attached hydrogens (tertiary/aromatic N) is 2. The van der Waals surface area contributed by atoms with Gasteiger partial charge in [0.1, 0.15) is 11.2 Å². The van der Waals surface area contributed by atoms with E-state index in [0.717, 1.165) is 55.8 Å². The molecule has 0 unspecified atom stereocenters. The fourth-order valence-corrected chi connectivity index (χ4v) is 9.31. The summed E-state index contributed by atoms with van der Waals surface area (Å²) in [6.45, 7) is 0. The van der Waals surface area contributed by atoms with Crippen LogP contribution in [-0.2, 0) is 0 Å². The topological polar surface area (TPSA) is 21.3 Å². The van der Waals surface area contributed by atoms with Crippen molar-refractivity contribution in [3.63, 3.8) is 0 Å². The Morgan fingerprint density at radius 2 is 0.820 bits per heavy atom. The summed E-state index contributed by atoms with van der Waals surface area (Å²) in [6, 6.07) is 82.6. The third kappa shape index (κ3) is 5.90. The molecule has 0 aliphatic rings. The number of furan rings is 1. The monoisotopic (exact) mass is 778 g/mol. The van der Waals surface area contributed by atoms with Gasteiger partial charge in [-0.1, -0.05) is 158 Å². The van der Waals surface area contributed by atoms with Crippen molar-refractivity contribution in [2.45, 2.75) is 0 Å². The minimum absolute atomic E-state index is 0.852. The van der Waals surface area contributed by atoms with Gasteiger partial charge >= 0.3 is 0 Å². The maximum Gasteiger partial charge on any atom is 0.137 e. The van der Waals surface area contributed by atoms with Crippen LogP contribution in [0.15, 0.2) is 235 Å². The van der Waals surface area contributed by atoms with E-state index in [1.54, 1.807) is 0 Å². The lowest BCUT2D eigenvalue weighted by Crippen LogP contribution is -2.09. The number of para-hydroxylation sites is 3. The van der Waals surface area contributed by atoms with E-state index in [1.165, 1.54) is 54.8 Å². The highest BCUT2D eigenvalue weighted by atomic mass is 16.3. The number of anilines is 3. The number of benzene rings is 10. The molecule has 2 aromatic heterocycles. The molecule has 3 nitrogen and oxygen atoms in total. The van der Waals surface area contributed by atoms with E-state index in [4.69, 9.17) is 4.42 Å². The summed E-state index contributed by atoms with van der Waals surface area (Å²) in [5.74, 6) is 0. The summed E-state index contributed by atoms with van der Waals surface area (Å²) in [6.07, 6.45) is 0. The summed E-state index contributed by atoms with van der Waals surface area (Å²) in [7, 11) is 0. The van der Waals surface area contributed by atoms with Crippen molar-refractivity contribution in [2.75, 3.05) is 4.90 Å². The molecule has 0 spiro atoms. The molecule has 2 heterocycles. The van der Waals surface area contributed by atoms with E-state index in [1.807, 2.05) is 0 Å². The summed E-state index contributed by atoms with van der Waals surface area (Å²) >= 11 is 0. The van der Waals surface area contributed by atoms with Gasteiger partial charge in [0.15, 0.2) is 0 Å². The Morgan fingerprint density at radius 1 is 0.311 bits per heavy atom. The Kier molecular flexibility index (Phi) is 8.17. The van der Waals surface area contributed by atoms with Crippen LogP contribution in [0.3, 0.4) is 0 Å². The molecule has 10 aromatic carbocycles. The van der Waals surface area contributed by atoms with Gasteiger partial charge in [-0.2, -0.15) is 0 Å². The van der Waals surface area contributed by atoms with E-state index in [0.29, 0.717) is 0 Å². The van der Waals surface area contributed by atoms with Crippen molar-refractivity contribution in [3.8, 4) is 39.1 Å². The van der Waals surface area contributed by atoms with Crippen LogP contribution in [-0.4, -0.2) is 4.57 Å². The zero-order valence-corrected chi connectivity index (χ0v) is 33.2. The molecule has 0 aliphatic carbocycles. The fraction of sp³-hybridized carbons (Fsp3) is 0. The summed E-state index contributed by atoms with van der Waals surface area (Å²) in [5, 5.41) is 7.09. The van der Waals surface area contributed by atoms with Crippen molar-refractivity contribution < 1.29 is 4.42 Å². The van der Waals surface area contributed by atoms with Crippen LogP contribution in [0.2, 0.25) is 0 Å². The first kappa shape index (κ1) is 34.9. The standard InChI is InChI=1S/C58H38N2O/c1-4-14-39(15-5-1)40-24-26-41(27-25-40)42-28-31-46(32-29-42)59(44-16-6-2-7-17-44)47-33-35-52-56(37-47)61-57-38-53(48-20-10-11-22-51(48)58(52)57)43-30-34-50-49-21-12-13-23-54(49)60(55(50)36-43)45-18-8-3-9-19-45/h1-38H. The molecule has 0 saturated carbocycles. The minimum Gasteiger partial charge on any atom is -0.456 e. The van der Waals surface area contributed by atoms with Crippen molar-refractivity contribution in [2.24, 2.45) is 0 Å². The number of rotatable bonds is 7. The maximum atomic E-state index is 6.90. The molecule has 0 saturated heterocycles. The van der Waals surface area contributed by atoms with Gasteiger partial charge in [-0.15, -0.1) is 0 Å². The molecule has 0 fully saturated rings. The first-order chi connectivity index (χ1) is 30.2. The molecule has 0 amide bonds. The first-order valence-electron chi connectivity index (χ1n) is 20.8. The maximum absolute atomic E-state index is 6.90. The molecule has 0 atom stereocenters. The Hall–Kier alpha value is -8.14. The zero-order valence-electron chi connectivity index (χ0n) is 33.2. The Labute approximate surface area is 353 Å². The second-order valence-corrected chi connectivity index (χ2v) is 15.7. The van der Waals surface area contributed by atoms with Gasteiger partial charge in [0.25, 0.3) is 0 Å². The molecule has 61 heavy (non-hydrogen) atoms. The van der Waals surface area contributed by atoms with E-state index < -0.39 is 0 Å². The summed E-state index contributed by atoms with van der Waals surface area (Å²) < 4.78 is 9.28. The molecule has 0 radical (unpaired) electrons. The highest BCUT2D eigenvalue weighted by Gasteiger charge is 2.20. The highest BCUT2D eigenvalue weighted by molar-refractivity contribution is 6.23. The molecular weight excluding hydrogens is 741 g/mol. The Balaban J connectivity index is 0.964. The molecule has 0 N–H and O–H groups in total. The van der Waals surface area contributed by atoms with Gasteiger partial charge in [0.05, 0.1) is 11.0 Å². The van der Waals surface area contributed by atoms with Crippen LogP contribution < -0.4 is 4.90 Å². The lowest BCUT2D eigenvalue weighted by molar-refractivity contribution is 0.669. The lowest BCUT2D eigenvalue weighted by Gasteiger charge is -2.25. The van der Waals surface area contributed by atoms with Gasteiger partial charge < -0.3 is 13.9 Å². The normalized spacial score (nSPS) is 11.6. The minimum atomic E-state index is 0.852. The second-order valence-electron chi connectivity index (χ2n) is 15.7. The van der Waals surface area contributed by atoms with Crippen LogP contribution in [0, 0.1) is 0 Å². The fourth-order valence-electron chi connectivity index (χ4n) is 9.31. The lowest BCUT2D eigenvalue weighted by atomic mass is 9.94. The largest absolute Gasteiger partial charge is 0.456 e. The van der Waals surface area contributed by atoms with Gasteiger partial charge in [-0.3, -0.25) is 0 Å². The number of aromatic nitrogens is 1. The zero-order chi connectivity index (χ0) is 40.3. The number of hydrogen-bond donors (Lipinski definition) is 0. The molecule has 12 aromatic rings. The second kappa shape index (κ2) is 14.3. The summed E-state index contributed by atoms with van der Waals surface area (Å²) in [4.78, 5) is 2.31. The predicted octanol–water partition coefficient (Wildman–Crippen LogP) is 16.3. The molecule has 286 valence electrons. The van der Waals surface area contributed by atoms with E-state index in [2.05, 4.69) is 240 Å². The first-order valence-corrected chi connectivity index (χ1v) is 20.8. The van der Waals surface area contributed by atoms with Crippen molar-refractivity contribution >= 4 is 71.6 Å². The average Bonchev–Trinajstić information content (AvgIpc) is 3.88. The highest BCUT2D eigenvalue weighted by Crippen LogP contribution is 2.44. The third-order valence-electron chi connectivity index (χ3n) is 12.2. The van der Waals surface area contributed by atoms with Gasteiger partial charge in [-0.25, -0.2) is 0 Å². The molecule has 12 rings (SSSR count). The van der Waals surface area contributed by atoms with Crippen molar-refractivity contribution in [1.29, 1.82) is 0 Å². The van der Waals surface area contributed by atoms with Crippen molar-refractivity contribution in [3.05, 3.63) is 231 Å². The molecular formula is C58H38N2O. The SMILES string of the molecule is c1ccc(-c2ccc(-c3ccc(N(c4ccccc4)c4ccc5c(c4)oc4cc(-c6ccc7c8ccccc8n(-c8ccccc8)c7c6)c6ccccc6c45)cc3)cc2)cc1. The number of fused-ring (bicyclic) bond motifs is 8. The van der Waals surface area contributed by atoms with Crippen molar-refractivity contribution in [1.82, 2.24) is 4.57 Å². The van der Waals surface area contributed by atoms with Gasteiger partial charge in [0, 0.05) is 50.4 Å². The Bertz CT molecular complexity index is 3550. The molecule has 3 heteroatoms. The Morgan fingerprint density at radius 3 is 1.54 bits per heavy atom. The van der Waals surface area contributed by atoms with Crippen LogP contribution in [0.5, 0.6) is 0 Å². The number of hydrogen-bond acceptors (Lipinski definition) is 2. The van der Waals surface area contributed by atoms with E-state index in [-0.39, 0.29) is 0 Å². The quantitative estimate of drug-likeness (QED) is 0.161. The van der Waals surface area contributed by atoms with Gasteiger partial charge in [0.2, 0.25) is 0 Å². The van der Waals surface area contributed by atoms with E-state index in [9.17, 15) is 0 Å². The molecule has 0 bridgehead atoms. The summed E-state index contributed by atoms with van der Waals surface area (Å²) in [5.41, 5.74) is 15.5. The van der Waals surface area contributed by atoms with Crippen LogP contribution in [0.25, 0.3) is 93.6 Å². The molecule has 0 aliphatic heterocycles.